The third-order valence-electron chi connectivity index (χ3n) is 5.57. The smallest absolute Gasteiger partial charge is 0.256 e. The molecule has 3 aromatic carbocycles. The summed E-state index contributed by atoms with van der Waals surface area (Å²) < 4.78 is 0. The largest absolute Gasteiger partial charge is 0.322 e. The van der Waals surface area contributed by atoms with Crippen molar-refractivity contribution in [3.05, 3.63) is 114 Å². The van der Waals surface area contributed by atoms with Gasteiger partial charge in [-0.2, -0.15) is 5.10 Å². The molecule has 7 heteroatoms. The van der Waals surface area contributed by atoms with E-state index in [1.165, 1.54) is 18.7 Å². The Kier molecular flexibility index (Phi) is 6.73. The summed E-state index contributed by atoms with van der Waals surface area (Å²) in [4.78, 5) is 30.6. The maximum absolute atomic E-state index is 13.0. The number of aromatic amines is 1. The van der Waals surface area contributed by atoms with E-state index in [0.717, 1.165) is 32.1 Å². The van der Waals surface area contributed by atoms with Crippen LogP contribution < -0.4 is 5.32 Å². The normalized spacial score (nSPS) is 11.1. The van der Waals surface area contributed by atoms with E-state index >= 15 is 0 Å². The van der Waals surface area contributed by atoms with Gasteiger partial charge in [0.05, 0.1) is 22.5 Å². The number of hydrogen-bond donors (Lipinski definition) is 2. The Hall–Kier alpha value is -4.49. The summed E-state index contributed by atoms with van der Waals surface area (Å²) in [6.45, 7) is 1.52. The molecule has 1 amide bonds. The Labute approximate surface area is 212 Å². The molecule has 6 nitrogen and oxygen atoms in total. The Morgan fingerprint density at radius 2 is 1.72 bits per heavy atom. The Morgan fingerprint density at radius 3 is 2.50 bits per heavy atom. The van der Waals surface area contributed by atoms with Crippen LogP contribution >= 0.6 is 11.8 Å². The predicted octanol–water partition coefficient (Wildman–Crippen LogP) is 6.73. The molecule has 5 rings (SSSR count). The first-order chi connectivity index (χ1) is 17.6. The number of nitrogens with one attached hydrogen (secondary N) is 2. The van der Waals surface area contributed by atoms with E-state index in [9.17, 15) is 9.59 Å². The molecule has 2 heterocycles. The summed E-state index contributed by atoms with van der Waals surface area (Å²) in [6, 6.07) is 26.2. The highest BCUT2D eigenvalue weighted by atomic mass is 32.2. The van der Waals surface area contributed by atoms with E-state index in [0.29, 0.717) is 16.8 Å². The second kappa shape index (κ2) is 10.4. The summed E-state index contributed by atoms with van der Waals surface area (Å²) >= 11 is 1.51. The first-order valence-electron chi connectivity index (χ1n) is 11.3. The molecule has 0 aliphatic rings. The summed E-state index contributed by atoms with van der Waals surface area (Å²) in [5.74, 6) is -0.224. The number of carbonyl (C=O) groups excluding carboxylic acids is 2. The van der Waals surface area contributed by atoms with Gasteiger partial charge in [0, 0.05) is 32.6 Å². The number of benzene rings is 3. The number of Topliss-reactive ketones (excluding diaryl/α,β-unsaturated/α-hetero) is 1. The number of ketones is 1. The van der Waals surface area contributed by atoms with Crippen molar-refractivity contribution in [2.75, 3.05) is 5.32 Å². The van der Waals surface area contributed by atoms with E-state index in [1.807, 2.05) is 66.7 Å². The number of H-pyrrole nitrogens is 1. The molecule has 0 fully saturated rings. The lowest BCUT2D eigenvalue weighted by Gasteiger charge is -2.10. The van der Waals surface area contributed by atoms with Gasteiger partial charge in [0.25, 0.3) is 5.91 Å². The fourth-order valence-electron chi connectivity index (χ4n) is 3.71. The molecule has 0 unspecified atom stereocenters. The highest BCUT2D eigenvalue weighted by Gasteiger charge is 2.14. The fourth-order valence-corrected chi connectivity index (χ4v) is 4.69. The van der Waals surface area contributed by atoms with Crippen molar-refractivity contribution in [1.82, 2.24) is 15.2 Å². The molecule has 5 aromatic rings. The van der Waals surface area contributed by atoms with Gasteiger partial charge < -0.3 is 5.32 Å². The van der Waals surface area contributed by atoms with Crippen molar-refractivity contribution in [3.8, 4) is 0 Å². The first kappa shape index (κ1) is 23.3. The topological polar surface area (TPSA) is 87.7 Å². The fraction of sp³-hybridized carbons (Fsp3) is 0.0345. The van der Waals surface area contributed by atoms with Crippen LogP contribution in [0, 0.1) is 0 Å². The molecule has 0 saturated heterocycles. The van der Waals surface area contributed by atoms with E-state index < -0.39 is 0 Å². The summed E-state index contributed by atoms with van der Waals surface area (Å²) in [5, 5.41) is 11.5. The molecule has 0 radical (unpaired) electrons. The number of anilines is 1. The van der Waals surface area contributed by atoms with Crippen LogP contribution in [0.15, 0.2) is 101 Å². The number of nitrogens with zero attached hydrogens (tertiary/aromatic N) is 2. The van der Waals surface area contributed by atoms with Gasteiger partial charge >= 0.3 is 0 Å². The van der Waals surface area contributed by atoms with Crippen molar-refractivity contribution in [2.24, 2.45) is 0 Å². The molecular weight excluding hydrogens is 468 g/mol. The third kappa shape index (κ3) is 5.26. The minimum Gasteiger partial charge on any atom is -0.322 e. The Morgan fingerprint density at radius 1 is 0.917 bits per heavy atom. The number of amides is 1. The second-order valence-corrected chi connectivity index (χ2v) is 9.21. The number of pyridine rings is 1. The standard InChI is InChI=1S/C29H22N4O2S/c1-19(34)20-9-11-22(12-10-20)31-29(35)25-7-2-3-8-28(25)36-23-14-15-24-26(32-33-27(24)18-23)16-13-21-6-4-5-17-30-21/h2-18H,1H3,(H,31,35)(H,32,33)/b16-13+. The molecule has 2 N–H and O–H groups in total. The second-order valence-electron chi connectivity index (χ2n) is 8.09. The van der Waals surface area contributed by atoms with Crippen LogP contribution in [0.2, 0.25) is 0 Å². The molecule has 0 spiro atoms. The number of fused-ring (bicyclic) bond motifs is 1. The van der Waals surface area contributed by atoms with Gasteiger partial charge in [0.15, 0.2) is 5.78 Å². The number of carbonyl (C=O) groups is 2. The molecule has 0 aliphatic heterocycles. The quantitative estimate of drug-likeness (QED) is 0.247. The third-order valence-corrected chi connectivity index (χ3v) is 6.64. The van der Waals surface area contributed by atoms with Gasteiger partial charge in [-0.15, -0.1) is 0 Å². The average molecular weight is 491 g/mol. The highest BCUT2D eigenvalue weighted by Crippen LogP contribution is 2.33. The van der Waals surface area contributed by atoms with Crippen LogP contribution in [-0.4, -0.2) is 26.9 Å². The lowest BCUT2D eigenvalue weighted by Crippen LogP contribution is -2.13. The Balaban J connectivity index is 1.34. The molecule has 36 heavy (non-hydrogen) atoms. The molecule has 2 aromatic heterocycles. The summed E-state index contributed by atoms with van der Waals surface area (Å²) in [6.07, 6.45) is 5.63. The van der Waals surface area contributed by atoms with E-state index in [-0.39, 0.29) is 11.7 Å². The highest BCUT2D eigenvalue weighted by molar-refractivity contribution is 7.99. The van der Waals surface area contributed by atoms with Crippen molar-refractivity contribution >= 4 is 52.2 Å². The van der Waals surface area contributed by atoms with Crippen molar-refractivity contribution < 1.29 is 9.59 Å². The first-order valence-corrected chi connectivity index (χ1v) is 12.1. The lowest BCUT2D eigenvalue weighted by molar-refractivity contribution is 0.101. The monoisotopic (exact) mass is 490 g/mol. The zero-order chi connectivity index (χ0) is 24.9. The van der Waals surface area contributed by atoms with Crippen LogP contribution in [-0.2, 0) is 0 Å². The van der Waals surface area contributed by atoms with Gasteiger partial charge in [-0.1, -0.05) is 30.0 Å². The van der Waals surface area contributed by atoms with Gasteiger partial charge in [-0.3, -0.25) is 19.7 Å². The molecular formula is C29H22N4O2S. The Bertz CT molecular complexity index is 1570. The van der Waals surface area contributed by atoms with Crippen LogP contribution in [0.4, 0.5) is 5.69 Å². The lowest BCUT2D eigenvalue weighted by atomic mass is 10.1. The number of rotatable bonds is 7. The molecule has 0 aliphatic carbocycles. The van der Waals surface area contributed by atoms with E-state index in [2.05, 4.69) is 20.5 Å². The van der Waals surface area contributed by atoms with Gasteiger partial charge in [-0.25, -0.2) is 0 Å². The van der Waals surface area contributed by atoms with Crippen LogP contribution in [0.3, 0.4) is 0 Å². The summed E-state index contributed by atoms with van der Waals surface area (Å²) in [5.41, 5.74) is 4.42. The number of hydrogen-bond acceptors (Lipinski definition) is 5. The number of aromatic nitrogens is 3. The van der Waals surface area contributed by atoms with E-state index in [1.54, 1.807) is 36.5 Å². The maximum Gasteiger partial charge on any atom is 0.256 e. The zero-order valence-electron chi connectivity index (χ0n) is 19.4. The van der Waals surface area contributed by atoms with Crippen LogP contribution in [0.5, 0.6) is 0 Å². The van der Waals surface area contributed by atoms with Crippen molar-refractivity contribution in [3.63, 3.8) is 0 Å². The van der Waals surface area contributed by atoms with Crippen LogP contribution in [0.1, 0.15) is 39.0 Å². The minimum absolute atomic E-state index is 0.0137. The summed E-state index contributed by atoms with van der Waals surface area (Å²) in [7, 11) is 0. The van der Waals surface area contributed by atoms with Gasteiger partial charge in [0.1, 0.15) is 0 Å². The van der Waals surface area contributed by atoms with Gasteiger partial charge in [0.2, 0.25) is 0 Å². The maximum atomic E-state index is 13.0. The van der Waals surface area contributed by atoms with Crippen LogP contribution in [0.25, 0.3) is 23.1 Å². The molecule has 0 saturated carbocycles. The van der Waals surface area contributed by atoms with E-state index in [4.69, 9.17) is 0 Å². The predicted molar refractivity (Wildman–Crippen MR) is 144 cm³/mol. The van der Waals surface area contributed by atoms with Crippen molar-refractivity contribution in [2.45, 2.75) is 16.7 Å². The minimum atomic E-state index is -0.210. The van der Waals surface area contributed by atoms with Crippen molar-refractivity contribution in [1.29, 1.82) is 0 Å². The average Bonchev–Trinajstić information content (AvgIpc) is 3.31. The SMILES string of the molecule is CC(=O)c1ccc(NC(=O)c2ccccc2Sc2ccc3c(/C=C/c4ccccn4)n[nH]c3c2)cc1. The zero-order valence-corrected chi connectivity index (χ0v) is 20.3. The van der Waals surface area contributed by atoms with Gasteiger partial charge in [-0.05, 0) is 85.8 Å². The molecule has 0 bridgehead atoms. The molecule has 0 atom stereocenters. The molecule has 176 valence electrons.